The Balaban J connectivity index is 1.17. The van der Waals surface area contributed by atoms with Crippen molar-refractivity contribution in [2.75, 3.05) is 40.5 Å². The van der Waals surface area contributed by atoms with Crippen LogP contribution in [0.5, 0.6) is 40.2 Å². The van der Waals surface area contributed by atoms with Crippen molar-refractivity contribution in [2.24, 2.45) is 11.8 Å². The van der Waals surface area contributed by atoms with Crippen molar-refractivity contribution in [1.82, 2.24) is 5.32 Å². The van der Waals surface area contributed by atoms with Gasteiger partial charge in [0, 0.05) is 72.6 Å². The first-order chi connectivity index (χ1) is 32.2. The fraction of sp³-hybridized carbons (Fsp3) is 0.481. The summed E-state index contributed by atoms with van der Waals surface area (Å²) in [4.78, 5) is 0. The standard InChI is InChI=1S/C54H65NO11/c1-55-30-40(20-21-56)65-54-46-29-49(64-39-13-5-6-14-39)44-27-37(59)17-19-43(44)53(46)66-48(15-8-22-61-2)50(54)47-31-62-52-34(26-41(28-45(52)51(47)60)63-38-11-3-4-12-38)23-33-25-36(58)16-18-42(33)32-9-7-10-35(57)24-32/h7,9-10,16-19,24-29,38-40,47-48,50-51,54-60H,3-6,8,11-15,20-23,30-31H2,1-2H3. The second-order valence-electron chi connectivity index (χ2n) is 18.7. The summed E-state index contributed by atoms with van der Waals surface area (Å²) in [7, 11) is 3.55. The van der Waals surface area contributed by atoms with Gasteiger partial charge in [-0.05, 0) is 155 Å². The van der Waals surface area contributed by atoms with Crippen LogP contribution in [0.1, 0.15) is 105 Å². The maximum absolute atomic E-state index is 13.1. The van der Waals surface area contributed by atoms with Crippen molar-refractivity contribution in [3.8, 4) is 51.4 Å². The van der Waals surface area contributed by atoms with E-state index in [1.54, 1.807) is 49.6 Å². The second kappa shape index (κ2) is 20.7. The zero-order valence-corrected chi connectivity index (χ0v) is 38.1. The number of rotatable bonds is 18. The number of fused-ring (bicyclic) bond motifs is 4. The van der Waals surface area contributed by atoms with Crippen molar-refractivity contribution < 1.29 is 54.0 Å². The van der Waals surface area contributed by atoms with Gasteiger partial charge in [0.1, 0.15) is 46.4 Å². The van der Waals surface area contributed by atoms with E-state index in [9.17, 15) is 25.5 Å². The third-order valence-electron chi connectivity index (χ3n) is 14.1. The number of nitrogens with one attached hydrogen (secondary N) is 1. The van der Waals surface area contributed by atoms with Gasteiger partial charge in [-0.3, -0.25) is 0 Å². The molecule has 6 N–H and O–H groups in total. The van der Waals surface area contributed by atoms with Gasteiger partial charge in [-0.2, -0.15) is 0 Å². The lowest BCUT2D eigenvalue weighted by atomic mass is 9.72. The molecule has 66 heavy (non-hydrogen) atoms. The van der Waals surface area contributed by atoms with E-state index >= 15 is 0 Å². The van der Waals surface area contributed by atoms with E-state index in [0.29, 0.717) is 67.4 Å². The topological polar surface area (TPSA) is 169 Å². The van der Waals surface area contributed by atoms with E-state index in [2.05, 4.69) is 5.32 Å². The number of phenols is 3. The fourth-order valence-corrected chi connectivity index (χ4v) is 11.0. The lowest BCUT2D eigenvalue weighted by molar-refractivity contribution is -0.135. The van der Waals surface area contributed by atoms with Crippen LogP contribution in [0.4, 0.5) is 0 Å². The predicted octanol–water partition coefficient (Wildman–Crippen LogP) is 9.43. The van der Waals surface area contributed by atoms with Gasteiger partial charge < -0.3 is 59.3 Å². The van der Waals surface area contributed by atoms with E-state index in [-0.39, 0.29) is 48.8 Å². The molecule has 6 unspecified atom stereocenters. The number of hydrogen-bond acceptors (Lipinski definition) is 12. The number of aliphatic hydroxyl groups is 2. The largest absolute Gasteiger partial charge is 0.508 e. The maximum Gasteiger partial charge on any atom is 0.133 e. The smallest absolute Gasteiger partial charge is 0.133 e. The number of likely N-dealkylation sites (N-methyl/N-ethyl adjacent to an activating group) is 1. The van der Waals surface area contributed by atoms with Crippen molar-refractivity contribution in [3.63, 3.8) is 0 Å². The molecule has 2 aliphatic carbocycles. The molecule has 2 aliphatic heterocycles. The molecule has 5 aromatic rings. The average molecular weight is 904 g/mol. The molecule has 2 fully saturated rings. The Morgan fingerprint density at radius 3 is 2.26 bits per heavy atom. The minimum Gasteiger partial charge on any atom is -0.508 e. The maximum atomic E-state index is 13.1. The lowest BCUT2D eigenvalue weighted by Crippen LogP contribution is -2.48. The molecular formula is C54H65NO11. The normalized spacial score (nSPS) is 22.4. The zero-order valence-electron chi connectivity index (χ0n) is 38.1. The molecule has 0 spiro atoms. The Bertz CT molecular complexity index is 2440. The Kier molecular flexibility index (Phi) is 14.4. The molecule has 2 heterocycles. The molecule has 2 saturated carbocycles. The van der Waals surface area contributed by atoms with E-state index in [1.807, 2.05) is 43.4 Å². The Hall–Kier alpha value is -5.24. The quantitative estimate of drug-likeness (QED) is 0.0462. The third-order valence-corrected chi connectivity index (χ3v) is 14.1. The van der Waals surface area contributed by atoms with Crippen molar-refractivity contribution >= 4 is 10.8 Å². The molecule has 0 radical (unpaired) electrons. The van der Waals surface area contributed by atoms with E-state index in [0.717, 1.165) is 90.0 Å². The Morgan fingerprint density at radius 2 is 1.52 bits per heavy atom. The van der Waals surface area contributed by atoms with E-state index < -0.39 is 30.1 Å². The first-order valence-electron chi connectivity index (χ1n) is 24.0. The number of phenolic OH excluding ortho intramolecular Hbond substituents is 3. The first kappa shape index (κ1) is 45.9. The number of ether oxygens (including phenoxy) is 6. The van der Waals surface area contributed by atoms with E-state index in [4.69, 9.17) is 28.4 Å². The molecule has 352 valence electrons. The number of aromatic hydroxyl groups is 3. The number of aliphatic hydroxyl groups excluding tert-OH is 2. The van der Waals surface area contributed by atoms with Gasteiger partial charge in [-0.25, -0.2) is 0 Å². The van der Waals surface area contributed by atoms with Gasteiger partial charge in [0.2, 0.25) is 0 Å². The van der Waals surface area contributed by atoms with Crippen LogP contribution < -0.4 is 24.3 Å². The summed E-state index contributed by atoms with van der Waals surface area (Å²) in [5, 5.41) is 60.2. The van der Waals surface area contributed by atoms with Crippen LogP contribution in [-0.4, -0.2) is 90.5 Å². The molecule has 12 heteroatoms. The summed E-state index contributed by atoms with van der Waals surface area (Å²) in [5.74, 6) is 1.92. The SMILES string of the molecule is CNCC(CCO)OC1c2cc(OC3CCCC3)c3cc(O)ccc3c2OC(CCCOC)C1C1COc2c(Cc3cc(O)ccc3-c3cccc(O)c3)cc(OC3CCCC3)cc2C1O. The number of benzene rings is 5. The fourth-order valence-electron chi connectivity index (χ4n) is 11.0. The monoisotopic (exact) mass is 903 g/mol. The highest BCUT2D eigenvalue weighted by molar-refractivity contribution is 5.96. The molecule has 12 nitrogen and oxygen atoms in total. The first-order valence-corrected chi connectivity index (χ1v) is 24.0. The number of hydrogen-bond donors (Lipinski definition) is 6. The molecule has 6 atom stereocenters. The van der Waals surface area contributed by atoms with Crippen LogP contribution in [0.25, 0.3) is 21.9 Å². The molecule has 0 aromatic heterocycles. The molecule has 9 rings (SSSR count). The summed E-state index contributed by atoms with van der Waals surface area (Å²) in [6.07, 6.45) is 7.76. The predicted molar refractivity (Wildman–Crippen MR) is 252 cm³/mol. The minimum atomic E-state index is -1.03. The van der Waals surface area contributed by atoms with E-state index in [1.165, 1.54) is 0 Å². The minimum absolute atomic E-state index is 0.0391. The van der Waals surface area contributed by atoms with Crippen LogP contribution >= 0.6 is 0 Å². The summed E-state index contributed by atoms with van der Waals surface area (Å²) in [5.41, 5.74) is 4.68. The number of methoxy groups -OCH3 is 1. The van der Waals surface area contributed by atoms with Gasteiger partial charge >= 0.3 is 0 Å². The highest BCUT2D eigenvalue weighted by Crippen LogP contribution is 2.55. The van der Waals surface area contributed by atoms with Crippen LogP contribution in [0.15, 0.2) is 78.9 Å². The molecule has 0 bridgehead atoms. The van der Waals surface area contributed by atoms with Gasteiger partial charge in [0.05, 0.1) is 37.1 Å². The average Bonchev–Trinajstić information content (AvgIpc) is 4.03. The van der Waals surface area contributed by atoms with Gasteiger partial charge in [0.25, 0.3) is 0 Å². The van der Waals surface area contributed by atoms with Crippen LogP contribution in [0, 0.1) is 11.8 Å². The van der Waals surface area contributed by atoms with Crippen LogP contribution in [-0.2, 0) is 15.9 Å². The molecule has 4 aliphatic rings. The second-order valence-corrected chi connectivity index (χ2v) is 18.7. The zero-order chi connectivity index (χ0) is 45.7. The van der Waals surface area contributed by atoms with Crippen LogP contribution in [0.3, 0.4) is 0 Å². The summed E-state index contributed by atoms with van der Waals surface area (Å²) in [6.45, 7) is 1.08. The molecule has 5 aromatic carbocycles. The summed E-state index contributed by atoms with van der Waals surface area (Å²) >= 11 is 0. The van der Waals surface area contributed by atoms with Crippen molar-refractivity contribution in [1.29, 1.82) is 0 Å². The Labute approximate surface area is 387 Å². The lowest BCUT2D eigenvalue weighted by Gasteiger charge is -2.47. The van der Waals surface area contributed by atoms with Gasteiger partial charge in [-0.15, -0.1) is 0 Å². The molecule has 0 saturated heterocycles. The molecule has 0 amide bonds. The highest BCUT2D eigenvalue weighted by Gasteiger charge is 2.50. The third kappa shape index (κ3) is 9.89. The summed E-state index contributed by atoms with van der Waals surface area (Å²) < 4.78 is 40.4. The van der Waals surface area contributed by atoms with Gasteiger partial charge in [-0.1, -0.05) is 18.2 Å². The van der Waals surface area contributed by atoms with Crippen molar-refractivity contribution in [3.05, 3.63) is 101 Å². The van der Waals surface area contributed by atoms with Crippen LogP contribution in [0.2, 0.25) is 0 Å². The van der Waals surface area contributed by atoms with Crippen molar-refractivity contribution in [2.45, 2.75) is 114 Å². The molecular weight excluding hydrogens is 839 g/mol. The van der Waals surface area contributed by atoms with Gasteiger partial charge in [0.15, 0.2) is 0 Å². The summed E-state index contributed by atoms with van der Waals surface area (Å²) in [6, 6.07) is 23.6. The highest BCUT2D eigenvalue weighted by atomic mass is 16.5. The Morgan fingerprint density at radius 1 is 0.773 bits per heavy atom.